The maximum absolute atomic E-state index is 12.0. The number of anilines is 1. The van der Waals surface area contributed by atoms with E-state index in [-0.39, 0.29) is 6.03 Å². The summed E-state index contributed by atoms with van der Waals surface area (Å²) >= 11 is 0. The lowest BCUT2D eigenvalue weighted by Gasteiger charge is -2.32. The van der Waals surface area contributed by atoms with Crippen molar-refractivity contribution in [2.45, 2.75) is 13.0 Å². The third-order valence-corrected chi connectivity index (χ3v) is 5.06. The van der Waals surface area contributed by atoms with Crippen LogP contribution in [-0.4, -0.2) is 81.5 Å². The van der Waals surface area contributed by atoms with E-state index in [4.69, 9.17) is 9.47 Å². The number of ether oxygens (including phenoxy) is 2. The van der Waals surface area contributed by atoms with E-state index in [2.05, 4.69) is 39.5 Å². The molecule has 1 aromatic rings. The highest BCUT2D eigenvalue weighted by atomic mass is 16.5. The standard InChI is InChI=1S/C19H30N4O3/c1-16(23-10-14-26-15-11-23)17-2-4-18(5-3-17)21-19(24)20-6-7-22-8-12-25-13-9-22/h2-5,16H,6-15H2,1H3,(H2,20,21,24). The normalized spacial score (nSPS) is 20.5. The number of urea groups is 1. The van der Waals surface area contributed by atoms with Crippen molar-refractivity contribution in [3.8, 4) is 0 Å². The molecule has 144 valence electrons. The Kier molecular flexibility index (Phi) is 7.25. The van der Waals surface area contributed by atoms with E-state index >= 15 is 0 Å². The highest BCUT2D eigenvalue weighted by Gasteiger charge is 2.18. The molecule has 2 N–H and O–H groups in total. The highest BCUT2D eigenvalue weighted by molar-refractivity contribution is 5.89. The number of hydrogen-bond donors (Lipinski definition) is 2. The van der Waals surface area contributed by atoms with Crippen LogP contribution >= 0.6 is 0 Å². The third-order valence-electron chi connectivity index (χ3n) is 5.06. The Hall–Kier alpha value is -1.67. The summed E-state index contributed by atoms with van der Waals surface area (Å²) in [7, 11) is 0. The van der Waals surface area contributed by atoms with Gasteiger partial charge in [-0.3, -0.25) is 9.80 Å². The van der Waals surface area contributed by atoms with E-state index in [9.17, 15) is 4.79 Å². The summed E-state index contributed by atoms with van der Waals surface area (Å²) in [5.41, 5.74) is 2.07. The zero-order valence-electron chi connectivity index (χ0n) is 15.6. The summed E-state index contributed by atoms with van der Waals surface area (Å²) < 4.78 is 10.7. The van der Waals surface area contributed by atoms with Crippen molar-refractivity contribution in [1.29, 1.82) is 0 Å². The predicted molar refractivity (Wildman–Crippen MR) is 102 cm³/mol. The second kappa shape index (κ2) is 9.87. The maximum Gasteiger partial charge on any atom is 0.319 e. The number of hydrogen-bond acceptors (Lipinski definition) is 5. The molecule has 2 heterocycles. The van der Waals surface area contributed by atoms with Gasteiger partial charge in [0, 0.05) is 51.0 Å². The molecule has 2 saturated heterocycles. The smallest absolute Gasteiger partial charge is 0.319 e. The van der Waals surface area contributed by atoms with Crippen molar-refractivity contribution in [2.24, 2.45) is 0 Å². The summed E-state index contributed by atoms with van der Waals surface area (Å²) in [6.45, 7) is 10.7. The van der Waals surface area contributed by atoms with Crippen LogP contribution in [-0.2, 0) is 9.47 Å². The third kappa shape index (κ3) is 5.67. The Labute approximate surface area is 155 Å². The minimum atomic E-state index is -0.160. The van der Waals surface area contributed by atoms with Crippen LogP contribution in [0.15, 0.2) is 24.3 Å². The zero-order chi connectivity index (χ0) is 18.2. The van der Waals surface area contributed by atoms with Crippen LogP contribution in [0.25, 0.3) is 0 Å². The van der Waals surface area contributed by atoms with Crippen molar-refractivity contribution < 1.29 is 14.3 Å². The van der Waals surface area contributed by atoms with Crippen LogP contribution in [0.1, 0.15) is 18.5 Å². The molecule has 1 aromatic carbocycles. The fourth-order valence-corrected chi connectivity index (χ4v) is 3.35. The Morgan fingerprint density at radius 2 is 1.65 bits per heavy atom. The van der Waals surface area contributed by atoms with Gasteiger partial charge in [0.2, 0.25) is 0 Å². The summed E-state index contributed by atoms with van der Waals surface area (Å²) in [4.78, 5) is 16.8. The van der Waals surface area contributed by atoms with Gasteiger partial charge in [-0.2, -0.15) is 0 Å². The number of nitrogens with one attached hydrogen (secondary N) is 2. The molecule has 2 amide bonds. The fraction of sp³-hybridized carbons (Fsp3) is 0.632. The molecule has 1 unspecified atom stereocenters. The van der Waals surface area contributed by atoms with Gasteiger partial charge in [0.1, 0.15) is 0 Å². The lowest BCUT2D eigenvalue weighted by atomic mass is 10.1. The van der Waals surface area contributed by atoms with Gasteiger partial charge in [0.05, 0.1) is 26.4 Å². The first kappa shape index (κ1) is 19.1. The number of nitrogens with zero attached hydrogens (tertiary/aromatic N) is 2. The Morgan fingerprint density at radius 3 is 2.31 bits per heavy atom. The van der Waals surface area contributed by atoms with Crippen molar-refractivity contribution in [3.63, 3.8) is 0 Å². The molecule has 2 aliphatic rings. The van der Waals surface area contributed by atoms with Gasteiger partial charge in [0.25, 0.3) is 0 Å². The van der Waals surface area contributed by atoms with Gasteiger partial charge >= 0.3 is 6.03 Å². The fourth-order valence-electron chi connectivity index (χ4n) is 3.35. The molecule has 0 aliphatic carbocycles. The molecule has 1 atom stereocenters. The lowest BCUT2D eigenvalue weighted by Crippen LogP contribution is -2.42. The minimum Gasteiger partial charge on any atom is -0.379 e. The van der Waals surface area contributed by atoms with Gasteiger partial charge in [-0.25, -0.2) is 4.79 Å². The molecule has 0 aromatic heterocycles. The van der Waals surface area contributed by atoms with Crippen molar-refractivity contribution >= 4 is 11.7 Å². The average Bonchev–Trinajstić information content (AvgIpc) is 2.69. The summed E-state index contributed by atoms with van der Waals surface area (Å²) in [6, 6.07) is 8.30. The van der Waals surface area contributed by atoms with E-state index in [1.807, 2.05) is 12.1 Å². The first-order chi connectivity index (χ1) is 12.7. The molecule has 7 heteroatoms. The number of benzene rings is 1. The molecule has 7 nitrogen and oxygen atoms in total. The van der Waals surface area contributed by atoms with Crippen LogP contribution in [0.5, 0.6) is 0 Å². The van der Waals surface area contributed by atoms with Gasteiger partial charge in [-0.1, -0.05) is 12.1 Å². The van der Waals surface area contributed by atoms with Gasteiger partial charge in [-0.05, 0) is 24.6 Å². The van der Waals surface area contributed by atoms with Crippen LogP contribution < -0.4 is 10.6 Å². The molecular weight excluding hydrogens is 332 g/mol. The van der Waals surface area contributed by atoms with E-state index in [1.54, 1.807) is 0 Å². The number of amides is 2. The largest absolute Gasteiger partial charge is 0.379 e. The number of rotatable bonds is 6. The number of carbonyl (C=O) groups excluding carboxylic acids is 1. The molecular formula is C19H30N4O3. The highest BCUT2D eigenvalue weighted by Crippen LogP contribution is 2.22. The minimum absolute atomic E-state index is 0.160. The number of carbonyl (C=O) groups is 1. The molecule has 2 aliphatic heterocycles. The van der Waals surface area contributed by atoms with Crippen molar-refractivity contribution in [2.75, 3.05) is 71.0 Å². The second-order valence-electron chi connectivity index (χ2n) is 6.78. The lowest BCUT2D eigenvalue weighted by molar-refractivity contribution is 0.0198. The van der Waals surface area contributed by atoms with Gasteiger partial charge in [0.15, 0.2) is 0 Å². The maximum atomic E-state index is 12.0. The summed E-state index contributed by atoms with van der Waals surface area (Å²) in [5.74, 6) is 0. The van der Waals surface area contributed by atoms with Gasteiger partial charge < -0.3 is 20.1 Å². The van der Waals surface area contributed by atoms with Crippen molar-refractivity contribution in [1.82, 2.24) is 15.1 Å². The molecule has 2 fully saturated rings. The van der Waals surface area contributed by atoms with Crippen LogP contribution in [0, 0.1) is 0 Å². The SMILES string of the molecule is CC(c1ccc(NC(=O)NCCN2CCOCC2)cc1)N1CCOCC1. The molecule has 0 bridgehead atoms. The predicted octanol–water partition coefficient (Wildman–Crippen LogP) is 1.53. The number of morpholine rings is 2. The summed E-state index contributed by atoms with van der Waals surface area (Å²) in [5, 5.41) is 5.81. The summed E-state index contributed by atoms with van der Waals surface area (Å²) in [6.07, 6.45) is 0. The molecule has 0 saturated carbocycles. The topological polar surface area (TPSA) is 66.1 Å². The van der Waals surface area contributed by atoms with E-state index in [1.165, 1.54) is 5.56 Å². The van der Waals surface area contributed by atoms with Gasteiger partial charge in [-0.15, -0.1) is 0 Å². The quantitative estimate of drug-likeness (QED) is 0.804. The van der Waals surface area contributed by atoms with Crippen LogP contribution in [0.4, 0.5) is 10.5 Å². The Bertz CT molecular complexity index is 554. The monoisotopic (exact) mass is 362 g/mol. The van der Waals surface area contributed by atoms with E-state index in [0.717, 1.165) is 64.8 Å². The van der Waals surface area contributed by atoms with Crippen LogP contribution in [0.2, 0.25) is 0 Å². The van der Waals surface area contributed by atoms with E-state index in [0.29, 0.717) is 12.6 Å². The Balaban J connectivity index is 1.40. The average molecular weight is 362 g/mol. The molecule has 3 rings (SSSR count). The zero-order valence-corrected chi connectivity index (χ0v) is 15.6. The van der Waals surface area contributed by atoms with Crippen molar-refractivity contribution in [3.05, 3.63) is 29.8 Å². The molecule has 26 heavy (non-hydrogen) atoms. The second-order valence-corrected chi connectivity index (χ2v) is 6.78. The molecule has 0 spiro atoms. The van der Waals surface area contributed by atoms with Crippen LogP contribution in [0.3, 0.4) is 0 Å². The first-order valence-corrected chi connectivity index (χ1v) is 9.49. The Morgan fingerprint density at radius 1 is 1.04 bits per heavy atom. The first-order valence-electron chi connectivity index (χ1n) is 9.49. The van der Waals surface area contributed by atoms with E-state index < -0.39 is 0 Å². The molecule has 0 radical (unpaired) electrons.